The normalized spacial score (nSPS) is 18.4. The summed E-state index contributed by atoms with van der Waals surface area (Å²) in [5, 5.41) is 2.93. The van der Waals surface area contributed by atoms with Crippen LogP contribution in [0.15, 0.2) is 36.3 Å². The molecule has 0 aliphatic carbocycles. The molecule has 1 amide bonds. The average Bonchev–Trinajstić information content (AvgIpc) is 2.94. The van der Waals surface area contributed by atoms with Crippen molar-refractivity contribution in [3.8, 4) is 0 Å². The molecule has 1 aromatic carbocycles. The molecule has 1 N–H and O–H groups in total. The molecule has 1 heterocycles. The smallest absolute Gasteiger partial charge is 0.400 e. The molecule has 1 saturated heterocycles. The number of amides is 1. The van der Waals surface area contributed by atoms with E-state index in [1.165, 1.54) is 5.56 Å². The van der Waals surface area contributed by atoms with Gasteiger partial charge in [0.1, 0.15) is 0 Å². The molecule has 178 valence electrons. The zero-order valence-corrected chi connectivity index (χ0v) is 20.8. The highest BCUT2D eigenvalue weighted by atomic mass is 16.7. The summed E-state index contributed by atoms with van der Waals surface area (Å²) in [6.07, 6.45) is 1.90. The summed E-state index contributed by atoms with van der Waals surface area (Å²) in [6, 6.07) is 8.26. The monoisotopic (exact) mass is 445 g/mol. The van der Waals surface area contributed by atoms with Crippen LogP contribution in [0.3, 0.4) is 0 Å². The number of benzene rings is 1. The summed E-state index contributed by atoms with van der Waals surface area (Å²) in [4.78, 5) is 12.3. The Labute approximate surface area is 194 Å². The first-order chi connectivity index (χ1) is 15.0. The fourth-order valence-corrected chi connectivity index (χ4v) is 3.23. The van der Waals surface area contributed by atoms with Gasteiger partial charge in [0.05, 0.1) is 43.5 Å². The predicted molar refractivity (Wildman–Crippen MR) is 129 cm³/mol. The van der Waals surface area contributed by atoms with Crippen LogP contribution in [0.2, 0.25) is 0 Å². The van der Waals surface area contributed by atoms with Crippen molar-refractivity contribution in [2.75, 3.05) is 33.0 Å². The minimum atomic E-state index is -0.348. The van der Waals surface area contributed by atoms with E-state index >= 15 is 0 Å². The second kappa shape index (κ2) is 12.0. The van der Waals surface area contributed by atoms with Crippen LogP contribution < -0.4 is 5.32 Å². The minimum absolute atomic E-state index is 0.00925. The lowest BCUT2D eigenvalue weighted by atomic mass is 9.90. The van der Waals surface area contributed by atoms with E-state index in [4.69, 9.17) is 18.8 Å². The zero-order valence-electron chi connectivity index (χ0n) is 20.8. The van der Waals surface area contributed by atoms with Crippen molar-refractivity contribution in [2.45, 2.75) is 71.5 Å². The van der Waals surface area contributed by atoms with Crippen molar-refractivity contribution in [3.05, 3.63) is 47.4 Å². The molecular weight excluding hydrogens is 405 g/mol. The SMILES string of the molecule is CC(C)c1ccc(C(C)C(=O)NCCOCCOC/C=C/B2OC(C)(C)C(C)(C)O2)cc1. The lowest BCUT2D eigenvalue weighted by molar-refractivity contribution is -0.122. The second-order valence-corrected chi connectivity index (χ2v) is 9.57. The zero-order chi connectivity index (χ0) is 23.8. The van der Waals surface area contributed by atoms with Gasteiger partial charge in [0.2, 0.25) is 5.91 Å². The van der Waals surface area contributed by atoms with Gasteiger partial charge in [-0.2, -0.15) is 0 Å². The molecule has 1 fully saturated rings. The highest BCUT2D eigenvalue weighted by Gasteiger charge is 2.49. The second-order valence-electron chi connectivity index (χ2n) is 9.57. The Hall–Kier alpha value is -1.67. The Balaban J connectivity index is 1.52. The van der Waals surface area contributed by atoms with Crippen molar-refractivity contribution in [3.63, 3.8) is 0 Å². The van der Waals surface area contributed by atoms with Crippen LogP contribution in [-0.4, -0.2) is 57.2 Å². The summed E-state index contributed by atoms with van der Waals surface area (Å²) < 4.78 is 22.9. The molecule has 1 aromatic rings. The molecule has 2 rings (SSSR count). The average molecular weight is 445 g/mol. The van der Waals surface area contributed by atoms with Gasteiger partial charge < -0.3 is 24.1 Å². The molecule has 0 saturated carbocycles. The lowest BCUT2D eigenvalue weighted by Crippen LogP contribution is -2.41. The number of hydrogen-bond acceptors (Lipinski definition) is 5. The van der Waals surface area contributed by atoms with Gasteiger partial charge in [0.25, 0.3) is 0 Å². The molecule has 7 heteroatoms. The van der Waals surface area contributed by atoms with Gasteiger partial charge in [0, 0.05) is 6.54 Å². The molecule has 1 aliphatic rings. The van der Waals surface area contributed by atoms with Crippen molar-refractivity contribution < 1.29 is 23.6 Å². The van der Waals surface area contributed by atoms with Crippen molar-refractivity contribution in [1.82, 2.24) is 5.32 Å². The van der Waals surface area contributed by atoms with Crippen LogP contribution in [0.5, 0.6) is 0 Å². The van der Waals surface area contributed by atoms with Gasteiger partial charge in [0.15, 0.2) is 0 Å². The first kappa shape index (κ1) is 26.6. The summed E-state index contributed by atoms with van der Waals surface area (Å²) >= 11 is 0. The molecule has 0 aromatic heterocycles. The Kier molecular flexibility index (Phi) is 9.96. The number of ether oxygens (including phenoxy) is 2. The third-order valence-electron chi connectivity index (χ3n) is 6.19. The Morgan fingerprint density at radius 2 is 1.53 bits per heavy atom. The van der Waals surface area contributed by atoms with Gasteiger partial charge in [-0.25, -0.2) is 0 Å². The summed E-state index contributed by atoms with van der Waals surface area (Å²) in [5.41, 5.74) is 1.64. The summed E-state index contributed by atoms with van der Waals surface area (Å²) in [5.74, 6) is 2.19. The van der Waals surface area contributed by atoms with Gasteiger partial charge in [-0.1, -0.05) is 50.2 Å². The van der Waals surface area contributed by atoms with Crippen LogP contribution in [0, 0.1) is 0 Å². The Morgan fingerprint density at radius 3 is 2.12 bits per heavy atom. The Morgan fingerprint density at radius 1 is 0.969 bits per heavy atom. The predicted octanol–water partition coefficient (Wildman–Crippen LogP) is 4.25. The number of rotatable bonds is 12. The molecule has 0 bridgehead atoms. The number of carbonyl (C=O) groups excluding carboxylic acids is 1. The maximum absolute atomic E-state index is 12.3. The molecule has 32 heavy (non-hydrogen) atoms. The first-order valence-corrected chi connectivity index (χ1v) is 11.6. The largest absolute Gasteiger partial charge is 0.486 e. The van der Waals surface area contributed by atoms with E-state index < -0.39 is 0 Å². The van der Waals surface area contributed by atoms with E-state index in [0.29, 0.717) is 38.9 Å². The molecule has 1 aliphatic heterocycles. The van der Waals surface area contributed by atoms with Gasteiger partial charge >= 0.3 is 7.12 Å². The molecular formula is C25H40BNO5. The topological polar surface area (TPSA) is 66.0 Å². The van der Waals surface area contributed by atoms with E-state index in [-0.39, 0.29) is 30.1 Å². The van der Waals surface area contributed by atoms with Crippen LogP contribution >= 0.6 is 0 Å². The molecule has 0 radical (unpaired) electrons. The number of nitrogens with one attached hydrogen (secondary N) is 1. The molecule has 1 atom stereocenters. The molecule has 1 unspecified atom stereocenters. The van der Waals surface area contributed by atoms with Gasteiger partial charge in [-0.15, -0.1) is 0 Å². The lowest BCUT2D eigenvalue weighted by Gasteiger charge is -2.32. The highest BCUT2D eigenvalue weighted by molar-refractivity contribution is 6.51. The van der Waals surface area contributed by atoms with E-state index in [1.807, 2.05) is 58.8 Å². The molecule has 0 spiro atoms. The van der Waals surface area contributed by atoms with Crippen molar-refractivity contribution in [2.24, 2.45) is 0 Å². The standard InChI is InChI=1S/C25H40BNO5/c1-19(2)21-9-11-22(12-10-21)20(3)23(28)27-14-16-30-18-17-29-15-8-13-26-31-24(4,5)25(6,7)32-26/h8-13,19-20H,14-18H2,1-7H3,(H,27,28)/b13-8+. The Bertz CT molecular complexity index is 729. The van der Waals surface area contributed by atoms with E-state index in [2.05, 4.69) is 31.3 Å². The van der Waals surface area contributed by atoms with Crippen LogP contribution in [-0.2, 0) is 23.6 Å². The number of hydrogen-bond donors (Lipinski definition) is 1. The van der Waals surface area contributed by atoms with Crippen LogP contribution in [0.1, 0.15) is 71.4 Å². The van der Waals surface area contributed by atoms with Crippen molar-refractivity contribution >= 4 is 13.0 Å². The fraction of sp³-hybridized carbons (Fsp3) is 0.640. The van der Waals surface area contributed by atoms with Gasteiger partial charge in [-0.3, -0.25) is 4.79 Å². The third kappa shape index (κ3) is 7.73. The summed E-state index contributed by atoms with van der Waals surface area (Å²) in [7, 11) is -0.348. The number of carbonyl (C=O) groups is 1. The van der Waals surface area contributed by atoms with E-state index in [1.54, 1.807) is 0 Å². The first-order valence-electron chi connectivity index (χ1n) is 11.6. The highest BCUT2D eigenvalue weighted by Crippen LogP contribution is 2.36. The third-order valence-corrected chi connectivity index (χ3v) is 6.19. The van der Waals surface area contributed by atoms with E-state index in [9.17, 15) is 4.79 Å². The van der Waals surface area contributed by atoms with E-state index in [0.717, 1.165) is 5.56 Å². The minimum Gasteiger partial charge on any atom is -0.400 e. The van der Waals surface area contributed by atoms with Gasteiger partial charge in [-0.05, 0) is 51.7 Å². The molecule has 6 nitrogen and oxygen atoms in total. The maximum Gasteiger partial charge on any atom is 0.486 e. The maximum atomic E-state index is 12.3. The van der Waals surface area contributed by atoms with Crippen LogP contribution in [0.25, 0.3) is 0 Å². The quantitative estimate of drug-likeness (QED) is 0.385. The van der Waals surface area contributed by atoms with Crippen LogP contribution in [0.4, 0.5) is 0 Å². The van der Waals surface area contributed by atoms with Crippen molar-refractivity contribution in [1.29, 1.82) is 0 Å². The summed E-state index contributed by atoms with van der Waals surface area (Å²) in [6.45, 7) is 16.7. The fourth-order valence-electron chi connectivity index (χ4n) is 3.23.